The average molecular weight is 220 g/mol. The lowest BCUT2D eigenvalue weighted by Gasteiger charge is -2.27. The fourth-order valence-electron chi connectivity index (χ4n) is 2.02. The highest BCUT2D eigenvalue weighted by atomic mass is 16.4. The van der Waals surface area contributed by atoms with Gasteiger partial charge in [-0.1, -0.05) is 18.2 Å². The van der Waals surface area contributed by atoms with Crippen LogP contribution in [0.3, 0.4) is 0 Å². The first kappa shape index (κ1) is 11.0. The van der Waals surface area contributed by atoms with Gasteiger partial charge in [0.2, 0.25) is 0 Å². The van der Waals surface area contributed by atoms with Crippen LogP contribution < -0.4 is 5.73 Å². The lowest BCUT2D eigenvalue weighted by Crippen LogP contribution is -2.34. The van der Waals surface area contributed by atoms with E-state index in [1.165, 1.54) is 10.5 Å². The lowest BCUT2D eigenvalue weighted by molar-refractivity contribution is 0.140. The van der Waals surface area contributed by atoms with Crippen LogP contribution in [0, 0.1) is 0 Å². The van der Waals surface area contributed by atoms with Gasteiger partial charge in [-0.15, -0.1) is 0 Å². The molecule has 86 valence electrons. The van der Waals surface area contributed by atoms with Crippen molar-refractivity contribution in [3.05, 3.63) is 34.9 Å². The van der Waals surface area contributed by atoms with E-state index in [9.17, 15) is 4.79 Å². The standard InChI is InChI=1S/C12H16N2O2/c1-8(13)10-3-2-9-4-5-14(12(15)16)7-11(9)6-10/h2-3,6,8H,4-5,7,13H2,1H3,(H,15,16). The minimum absolute atomic E-state index is 0.00879. The Hall–Kier alpha value is -1.55. The number of nitrogens with zero attached hydrogens (tertiary/aromatic N) is 1. The molecule has 4 nitrogen and oxygen atoms in total. The van der Waals surface area contributed by atoms with E-state index in [0.29, 0.717) is 13.1 Å². The minimum Gasteiger partial charge on any atom is -0.465 e. The monoisotopic (exact) mass is 220 g/mol. The van der Waals surface area contributed by atoms with Crippen molar-refractivity contribution in [2.75, 3.05) is 6.54 Å². The van der Waals surface area contributed by atoms with E-state index in [1.54, 1.807) is 0 Å². The van der Waals surface area contributed by atoms with Gasteiger partial charge in [0, 0.05) is 19.1 Å². The maximum Gasteiger partial charge on any atom is 0.407 e. The number of benzene rings is 1. The first-order chi connectivity index (χ1) is 7.58. The smallest absolute Gasteiger partial charge is 0.407 e. The summed E-state index contributed by atoms with van der Waals surface area (Å²) >= 11 is 0. The molecule has 0 saturated heterocycles. The van der Waals surface area contributed by atoms with Crippen molar-refractivity contribution < 1.29 is 9.90 Å². The molecular formula is C12H16N2O2. The molecule has 16 heavy (non-hydrogen) atoms. The lowest BCUT2D eigenvalue weighted by atomic mass is 9.96. The molecule has 1 heterocycles. The van der Waals surface area contributed by atoms with Gasteiger partial charge in [0.1, 0.15) is 0 Å². The second kappa shape index (κ2) is 4.14. The van der Waals surface area contributed by atoms with Crippen LogP contribution in [0.2, 0.25) is 0 Å². The van der Waals surface area contributed by atoms with Crippen molar-refractivity contribution in [1.29, 1.82) is 0 Å². The van der Waals surface area contributed by atoms with Crippen LogP contribution in [0.1, 0.15) is 29.7 Å². The Morgan fingerprint density at radius 2 is 2.25 bits per heavy atom. The van der Waals surface area contributed by atoms with Gasteiger partial charge in [0.05, 0.1) is 0 Å². The van der Waals surface area contributed by atoms with E-state index >= 15 is 0 Å². The molecule has 0 radical (unpaired) electrons. The topological polar surface area (TPSA) is 66.6 Å². The molecular weight excluding hydrogens is 204 g/mol. The Labute approximate surface area is 94.7 Å². The molecule has 1 aliphatic rings. The van der Waals surface area contributed by atoms with Crippen LogP contribution in [0.4, 0.5) is 4.79 Å². The van der Waals surface area contributed by atoms with Gasteiger partial charge in [0.15, 0.2) is 0 Å². The number of nitrogens with two attached hydrogens (primary N) is 1. The molecule has 0 saturated carbocycles. The summed E-state index contributed by atoms with van der Waals surface area (Å²) in [6, 6.07) is 6.10. The molecule has 0 fully saturated rings. The SMILES string of the molecule is CC(N)c1ccc2c(c1)CN(C(=O)O)CC2. The second-order valence-corrected chi connectivity index (χ2v) is 4.27. The Kier molecular flexibility index (Phi) is 2.83. The van der Waals surface area contributed by atoms with E-state index in [-0.39, 0.29) is 6.04 Å². The zero-order chi connectivity index (χ0) is 11.7. The van der Waals surface area contributed by atoms with Gasteiger partial charge in [-0.25, -0.2) is 4.79 Å². The first-order valence-corrected chi connectivity index (χ1v) is 5.43. The second-order valence-electron chi connectivity index (χ2n) is 4.27. The van der Waals surface area contributed by atoms with Gasteiger partial charge in [0.25, 0.3) is 0 Å². The molecule has 1 aromatic rings. The van der Waals surface area contributed by atoms with E-state index in [4.69, 9.17) is 10.8 Å². The van der Waals surface area contributed by atoms with Crippen molar-refractivity contribution in [3.8, 4) is 0 Å². The largest absolute Gasteiger partial charge is 0.465 e. The summed E-state index contributed by atoms with van der Waals surface area (Å²) in [6.07, 6.45) is -0.0576. The number of fused-ring (bicyclic) bond motifs is 1. The first-order valence-electron chi connectivity index (χ1n) is 5.43. The predicted octanol–water partition coefficient (Wildman–Crippen LogP) is 1.74. The molecule has 0 spiro atoms. The third-order valence-corrected chi connectivity index (χ3v) is 3.04. The van der Waals surface area contributed by atoms with Crippen LogP contribution in [0.5, 0.6) is 0 Å². The summed E-state index contributed by atoms with van der Waals surface area (Å²) in [5, 5.41) is 8.94. The van der Waals surface area contributed by atoms with Crippen molar-refractivity contribution in [1.82, 2.24) is 4.90 Å². The molecule has 3 N–H and O–H groups in total. The molecule has 0 aromatic heterocycles. The Morgan fingerprint density at radius 1 is 1.50 bits per heavy atom. The molecule has 1 amide bonds. The summed E-state index contributed by atoms with van der Waals surface area (Å²) in [5.41, 5.74) is 9.20. The maximum absolute atomic E-state index is 10.9. The molecule has 1 unspecified atom stereocenters. The van der Waals surface area contributed by atoms with Gasteiger partial charge in [-0.05, 0) is 30.0 Å². The van der Waals surface area contributed by atoms with Crippen molar-refractivity contribution in [2.24, 2.45) is 5.73 Å². The summed E-state index contributed by atoms with van der Waals surface area (Å²) in [5.74, 6) is 0. The van der Waals surface area contributed by atoms with Crippen LogP contribution in [-0.2, 0) is 13.0 Å². The number of hydrogen-bond donors (Lipinski definition) is 2. The van der Waals surface area contributed by atoms with E-state index < -0.39 is 6.09 Å². The zero-order valence-corrected chi connectivity index (χ0v) is 9.31. The van der Waals surface area contributed by atoms with E-state index in [0.717, 1.165) is 17.5 Å². The molecule has 4 heteroatoms. The normalized spacial score (nSPS) is 16.8. The van der Waals surface area contributed by atoms with Crippen molar-refractivity contribution >= 4 is 6.09 Å². The molecule has 1 aliphatic heterocycles. The quantitative estimate of drug-likeness (QED) is 0.757. The number of carbonyl (C=O) groups is 1. The van der Waals surface area contributed by atoms with E-state index in [2.05, 4.69) is 6.07 Å². The molecule has 2 rings (SSSR count). The molecule has 1 atom stereocenters. The Bertz CT molecular complexity index is 415. The van der Waals surface area contributed by atoms with Gasteiger partial charge in [-0.2, -0.15) is 0 Å². The summed E-state index contributed by atoms with van der Waals surface area (Å²) in [7, 11) is 0. The summed E-state index contributed by atoms with van der Waals surface area (Å²) in [6.45, 7) is 2.99. The van der Waals surface area contributed by atoms with Crippen molar-refractivity contribution in [2.45, 2.75) is 25.9 Å². The Morgan fingerprint density at radius 3 is 2.88 bits per heavy atom. The third-order valence-electron chi connectivity index (χ3n) is 3.04. The third kappa shape index (κ3) is 2.02. The number of hydrogen-bond acceptors (Lipinski definition) is 2. The van der Waals surface area contributed by atoms with Gasteiger partial charge < -0.3 is 15.7 Å². The van der Waals surface area contributed by atoms with Crippen LogP contribution >= 0.6 is 0 Å². The molecule has 0 aliphatic carbocycles. The zero-order valence-electron chi connectivity index (χ0n) is 9.31. The fourth-order valence-corrected chi connectivity index (χ4v) is 2.02. The fraction of sp³-hybridized carbons (Fsp3) is 0.417. The highest BCUT2D eigenvalue weighted by Gasteiger charge is 2.20. The average Bonchev–Trinajstić information content (AvgIpc) is 2.27. The summed E-state index contributed by atoms with van der Waals surface area (Å²) in [4.78, 5) is 12.3. The maximum atomic E-state index is 10.9. The number of amides is 1. The van der Waals surface area contributed by atoms with Crippen LogP contribution in [-0.4, -0.2) is 22.6 Å². The van der Waals surface area contributed by atoms with Gasteiger partial charge >= 0.3 is 6.09 Å². The predicted molar refractivity (Wildman–Crippen MR) is 61.2 cm³/mol. The van der Waals surface area contributed by atoms with Crippen molar-refractivity contribution in [3.63, 3.8) is 0 Å². The van der Waals surface area contributed by atoms with Crippen LogP contribution in [0.25, 0.3) is 0 Å². The minimum atomic E-state index is -0.850. The highest BCUT2D eigenvalue weighted by molar-refractivity contribution is 5.65. The summed E-state index contributed by atoms with van der Waals surface area (Å²) < 4.78 is 0. The number of rotatable bonds is 1. The van der Waals surface area contributed by atoms with Crippen LogP contribution in [0.15, 0.2) is 18.2 Å². The van der Waals surface area contributed by atoms with Gasteiger partial charge in [-0.3, -0.25) is 0 Å². The molecule has 1 aromatic carbocycles. The van der Waals surface area contributed by atoms with E-state index in [1.807, 2.05) is 19.1 Å². The Balaban J connectivity index is 2.28. The molecule has 0 bridgehead atoms. The number of carboxylic acid groups (broad SMARTS) is 1. The highest BCUT2D eigenvalue weighted by Crippen LogP contribution is 2.22.